The zero-order valence-corrected chi connectivity index (χ0v) is 22.4. The fourth-order valence-electron chi connectivity index (χ4n) is 3.42. The molecule has 0 amide bonds. The molecule has 3 heterocycles. The summed E-state index contributed by atoms with van der Waals surface area (Å²) in [6.07, 6.45) is 3.68. The number of fused-ring (bicyclic) bond motifs is 1. The van der Waals surface area contributed by atoms with Crippen LogP contribution in [0.3, 0.4) is 0 Å². The molecule has 0 atom stereocenters. The maximum absolute atomic E-state index is 4.56. The van der Waals surface area contributed by atoms with Crippen molar-refractivity contribution >= 4 is 21.4 Å². The Kier molecular flexibility index (Phi) is 8.31. The number of aromatic nitrogens is 2. The third-order valence-electron chi connectivity index (χ3n) is 5.15. The predicted octanol–water partition coefficient (Wildman–Crippen LogP) is 7.92. The zero-order valence-electron chi connectivity index (χ0n) is 19.2. The number of benzene rings is 2. The van der Waals surface area contributed by atoms with Gasteiger partial charge in [0, 0.05) is 42.1 Å². The first-order valence-corrected chi connectivity index (χ1v) is 11.5. The van der Waals surface area contributed by atoms with E-state index in [1.165, 1.54) is 20.5 Å². The molecule has 169 valence electrons. The van der Waals surface area contributed by atoms with Crippen molar-refractivity contribution in [1.29, 1.82) is 0 Å². The van der Waals surface area contributed by atoms with Crippen LogP contribution in [0.5, 0.6) is 0 Å². The average Bonchev–Trinajstić information content (AvgIpc) is 3.20. The molecule has 0 N–H and O–H groups in total. The van der Waals surface area contributed by atoms with Crippen molar-refractivity contribution in [2.45, 2.75) is 33.1 Å². The van der Waals surface area contributed by atoms with Gasteiger partial charge in [-0.05, 0) is 47.3 Å². The van der Waals surface area contributed by atoms with Gasteiger partial charge in [0.2, 0.25) is 0 Å². The predicted molar refractivity (Wildman–Crippen MR) is 136 cm³/mol. The standard InChI is InChI=1S/C18H18NS.C11H8N.Ir/c1-12-11-15-16(20-12)9-10-19-17(15)13-5-7-14(8-6-13)18(2,3)4;1-2-6-10(7-3-1)11-8-4-5-9-12-11;/h5,7-11H,1-4H3;1-6,8-9H;/q2*-1;. The van der Waals surface area contributed by atoms with Crippen LogP contribution in [0.25, 0.3) is 32.6 Å². The van der Waals surface area contributed by atoms with Gasteiger partial charge in [-0.15, -0.1) is 82.6 Å². The van der Waals surface area contributed by atoms with Crippen molar-refractivity contribution in [3.63, 3.8) is 0 Å². The molecule has 0 bridgehead atoms. The molecule has 3 aromatic heterocycles. The maximum atomic E-state index is 4.56. The summed E-state index contributed by atoms with van der Waals surface area (Å²) >= 11 is 1.81. The first-order chi connectivity index (χ1) is 15.4. The van der Waals surface area contributed by atoms with Crippen molar-refractivity contribution in [3.05, 3.63) is 108 Å². The Morgan fingerprint density at radius 3 is 2.27 bits per heavy atom. The summed E-state index contributed by atoms with van der Waals surface area (Å²) in [6, 6.07) is 30.9. The van der Waals surface area contributed by atoms with E-state index in [0.29, 0.717) is 0 Å². The molecular formula is C29H26IrN2S-2. The molecule has 4 heteroatoms. The molecule has 2 nitrogen and oxygen atoms in total. The van der Waals surface area contributed by atoms with Crippen LogP contribution in [-0.4, -0.2) is 9.97 Å². The van der Waals surface area contributed by atoms with Crippen LogP contribution < -0.4 is 0 Å². The van der Waals surface area contributed by atoms with E-state index in [9.17, 15) is 0 Å². The number of thiophene rings is 1. The summed E-state index contributed by atoms with van der Waals surface area (Å²) in [5.41, 5.74) is 5.58. The van der Waals surface area contributed by atoms with Gasteiger partial charge >= 0.3 is 0 Å². The molecule has 0 aliphatic carbocycles. The minimum Gasteiger partial charge on any atom is -0.305 e. The van der Waals surface area contributed by atoms with Gasteiger partial charge in [-0.3, -0.25) is 0 Å². The molecule has 2 aromatic carbocycles. The van der Waals surface area contributed by atoms with E-state index in [1.807, 2.05) is 60.0 Å². The average molecular weight is 627 g/mol. The Morgan fingerprint density at radius 2 is 1.64 bits per heavy atom. The van der Waals surface area contributed by atoms with E-state index in [0.717, 1.165) is 22.5 Å². The molecular weight excluding hydrogens is 601 g/mol. The Balaban J connectivity index is 0.000000202. The number of aryl methyl sites for hydroxylation is 1. The minimum absolute atomic E-state index is 0. The fraction of sp³-hybridized carbons (Fsp3) is 0.172. The molecule has 33 heavy (non-hydrogen) atoms. The van der Waals surface area contributed by atoms with Gasteiger partial charge < -0.3 is 9.97 Å². The molecule has 0 saturated heterocycles. The monoisotopic (exact) mass is 627 g/mol. The minimum atomic E-state index is 0. The smallest absolute Gasteiger partial charge is 0.0289 e. The summed E-state index contributed by atoms with van der Waals surface area (Å²) in [4.78, 5) is 10.1. The van der Waals surface area contributed by atoms with Crippen molar-refractivity contribution in [1.82, 2.24) is 9.97 Å². The largest absolute Gasteiger partial charge is 0.305 e. The van der Waals surface area contributed by atoms with Gasteiger partial charge in [0.25, 0.3) is 0 Å². The van der Waals surface area contributed by atoms with E-state index < -0.39 is 0 Å². The summed E-state index contributed by atoms with van der Waals surface area (Å²) in [7, 11) is 0. The molecule has 5 aromatic rings. The Morgan fingerprint density at radius 1 is 0.818 bits per heavy atom. The van der Waals surface area contributed by atoms with E-state index in [-0.39, 0.29) is 25.5 Å². The molecule has 1 radical (unpaired) electrons. The van der Waals surface area contributed by atoms with Crippen LogP contribution in [0.1, 0.15) is 31.2 Å². The number of rotatable bonds is 2. The fourth-order valence-corrected chi connectivity index (χ4v) is 4.34. The van der Waals surface area contributed by atoms with Crippen molar-refractivity contribution in [2.24, 2.45) is 0 Å². The van der Waals surface area contributed by atoms with Gasteiger partial charge in [-0.25, -0.2) is 0 Å². The van der Waals surface area contributed by atoms with Crippen LogP contribution in [0, 0.1) is 19.1 Å². The van der Waals surface area contributed by atoms with Crippen molar-refractivity contribution in [3.8, 4) is 22.5 Å². The molecule has 0 spiro atoms. The SMILES string of the molecule is Cc1cc2c(-c3[c-]cc(C(C)(C)C)cc3)nccc2s1.[Ir].[c-]1ccccc1-c1ccccn1. The molecule has 0 unspecified atom stereocenters. The second kappa shape index (κ2) is 11.0. The van der Waals surface area contributed by atoms with E-state index in [1.54, 1.807) is 6.20 Å². The van der Waals surface area contributed by atoms with Crippen LogP contribution >= 0.6 is 11.3 Å². The van der Waals surface area contributed by atoms with Crippen LogP contribution in [0.2, 0.25) is 0 Å². The van der Waals surface area contributed by atoms with E-state index in [2.05, 4.69) is 80.1 Å². The Bertz CT molecular complexity index is 1250. The molecule has 0 saturated carbocycles. The number of pyridine rings is 2. The maximum Gasteiger partial charge on any atom is 0.0289 e. The van der Waals surface area contributed by atoms with Crippen LogP contribution in [-0.2, 0) is 25.5 Å². The van der Waals surface area contributed by atoms with E-state index in [4.69, 9.17) is 0 Å². The second-order valence-electron chi connectivity index (χ2n) is 8.66. The van der Waals surface area contributed by atoms with Crippen LogP contribution in [0.4, 0.5) is 0 Å². The third-order valence-corrected chi connectivity index (χ3v) is 6.17. The number of hydrogen-bond donors (Lipinski definition) is 0. The van der Waals surface area contributed by atoms with Gasteiger partial charge in [-0.1, -0.05) is 32.9 Å². The van der Waals surface area contributed by atoms with Gasteiger partial charge in [0.1, 0.15) is 0 Å². The van der Waals surface area contributed by atoms with Gasteiger partial charge in [0.05, 0.1) is 0 Å². The quantitative estimate of drug-likeness (QED) is 0.186. The summed E-state index contributed by atoms with van der Waals surface area (Å²) < 4.78 is 1.29. The second-order valence-corrected chi connectivity index (χ2v) is 9.95. The Hall–Kier alpha value is -2.65. The normalized spacial score (nSPS) is 10.8. The van der Waals surface area contributed by atoms with Crippen molar-refractivity contribution in [2.75, 3.05) is 0 Å². The number of nitrogens with zero attached hydrogens (tertiary/aromatic N) is 2. The summed E-state index contributed by atoms with van der Waals surface area (Å²) in [5.74, 6) is 0. The zero-order chi connectivity index (χ0) is 22.6. The molecule has 0 fully saturated rings. The summed E-state index contributed by atoms with van der Waals surface area (Å²) in [6.45, 7) is 8.80. The molecule has 5 rings (SSSR count). The van der Waals surface area contributed by atoms with E-state index >= 15 is 0 Å². The Labute approximate surface area is 214 Å². The van der Waals surface area contributed by atoms with Gasteiger partial charge in [-0.2, -0.15) is 0 Å². The molecule has 0 aliphatic heterocycles. The first kappa shape index (κ1) is 25.0. The first-order valence-electron chi connectivity index (χ1n) is 10.7. The molecule has 0 aliphatic rings. The number of hydrogen-bond acceptors (Lipinski definition) is 3. The van der Waals surface area contributed by atoms with Crippen molar-refractivity contribution < 1.29 is 20.1 Å². The topological polar surface area (TPSA) is 25.8 Å². The van der Waals surface area contributed by atoms with Crippen LogP contribution in [0.15, 0.2) is 85.2 Å². The third kappa shape index (κ3) is 6.23. The van der Waals surface area contributed by atoms with Gasteiger partial charge in [0.15, 0.2) is 0 Å². The summed E-state index contributed by atoms with van der Waals surface area (Å²) in [5, 5.41) is 1.23.